The van der Waals surface area contributed by atoms with E-state index < -0.39 is 0 Å². The molecular weight excluding hydrogens is 386 g/mol. The van der Waals surface area contributed by atoms with Crippen molar-refractivity contribution in [3.05, 3.63) is 126 Å². The molecule has 32 heavy (non-hydrogen) atoms. The Morgan fingerprint density at radius 2 is 1.34 bits per heavy atom. The Morgan fingerprint density at radius 1 is 0.594 bits per heavy atom. The van der Waals surface area contributed by atoms with Crippen LogP contribution in [-0.4, -0.2) is 4.98 Å². The Kier molecular flexibility index (Phi) is 4.47. The molecule has 1 aliphatic rings. The summed E-state index contributed by atoms with van der Waals surface area (Å²) in [5, 5.41) is 1.18. The van der Waals surface area contributed by atoms with Crippen LogP contribution in [0.1, 0.15) is 17.0 Å². The Morgan fingerprint density at radius 3 is 2.12 bits per heavy atom. The van der Waals surface area contributed by atoms with Gasteiger partial charge in [0, 0.05) is 16.9 Å². The summed E-state index contributed by atoms with van der Waals surface area (Å²) in [4.78, 5) is 5.04. The van der Waals surface area contributed by atoms with Crippen molar-refractivity contribution < 1.29 is 0 Å². The van der Waals surface area contributed by atoms with Gasteiger partial charge in [-0.05, 0) is 52.9 Å². The summed E-state index contributed by atoms with van der Waals surface area (Å²) in [7, 11) is 0. The van der Waals surface area contributed by atoms with Crippen molar-refractivity contribution in [2.24, 2.45) is 0 Å². The van der Waals surface area contributed by atoms with E-state index >= 15 is 0 Å². The molecular formula is C31H23N. The number of rotatable bonds is 4. The molecule has 1 nitrogen and oxygen atoms in total. The van der Waals surface area contributed by atoms with Gasteiger partial charge in [0.2, 0.25) is 0 Å². The summed E-state index contributed by atoms with van der Waals surface area (Å²) in [5.74, 6) is 0.486. The van der Waals surface area contributed by atoms with Crippen LogP contribution in [0.4, 0.5) is 0 Å². The molecule has 0 radical (unpaired) electrons. The number of fused-ring (bicyclic) bond motifs is 1. The fourth-order valence-corrected chi connectivity index (χ4v) is 4.34. The number of pyridine rings is 1. The van der Waals surface area contributed by atoms with E-state index in [4.69, 9.17) is 4.98 Å². The first kappa shape index (κ1) is 18.8. The van der Waals surface area contributed by atoms with Gasteiger partial charge in [-0.25, -0.2) is 4.98 Å². The van der Waals surface area contributed by atoms with E-state index in [-0.39, 0.29) is 0 Å². The summed E-state index contributed by atoms with van der Waals surface area (Å²) in [6.07, 6.45) is 4.49. The van der Waals surface area contributed by atoms with Crippen molar-refractivity contribution in [3.63, 3.8) is 0 Å². The number of allylic oxidation sites excluding steroid dienone is 2. The van der Waals surface area contributed by atoms with Crippen molar-refractivity contribution in [1.29, 1.82) is 0 Å². The summed E-state index contributed by atoms with van der Waals surface area (Å²) in [5.41, 5.74) is 10.7. The molecule has 1 aliphatic carbocycles. The molecule has 0 bridgehead atoms. The van der Waals surface area contributed by atoms with Gasteiger partial charge in [-0.15, -0.1) is 0 Å². The summed E-state index contributed by atoms with van der Waals surface area (Å²) >= 11 is 0. The Labute approximate surface area is 188 Å². The number of aromatic nitrogens is 1. The molecule has 1 aromatic heterocycles. The zero-order valence-electron chi connectivity index (χ0n) is 18.0. The molecule has 0 saturated carbocycles. The fourth-order valence-electron chi connectivity index (χ4n) is 4.34. The first-order valence-corrected chi connectivity index (χ1v) is 11.1. The molecule has 6 rings (SSSR count). The Hall–Kier alpha value is -3.97. The minimum atomic E-state index is 0.486. The van der Waals surface area contributed by atoms with Gasteiger partial charge in [-0.2, -0.15) is 0 Å². The maximum atomic E-state index is 5.04. The average molecular weight is 410 g/mol. The topological polar surface area (TPSA) is 12.9 Å². The molecule has 0 unspecified atom stereocenters. The number of aryl methyl sites for hydroxylation is 1. The molecule has 0 saturated heterocycles. The largest absolute Gasteiger partial charge is 0.248 e. The van der Waals surface area contributed by atoms with Crippen LogP contribution >= 0.6 is 0 Å². The van der Waals surface area contributed by atoms with Gasteiger partial charge in [0.15, 0.2) is 0 Å². The first-order chi connectivity index (χ1) is 15.7. The zero-order valence-corrected chi connectivity index (χ0v) is 18.0. The highest BCUT2D eigenvalue weighted by atomic mass is 14.7. The quantitative estimate of drug-likeness (QED) is 0.273. The zero-order chi connectivity index (χ0) is 21.5. The molecule has 0 aliphatic heterocycles. The highest BCUT2D eigenvalue weighted by Crippen LogP contribution is 2.37. The van der Waals surface area contributed by atoms with E-state index in [1.54, 1.807) is 0 Å². The molecule has 0 amide bonds. The summed E-state index contributed by atoms with van der Waals surface area (Å²) in [6, 6.07) is 37.0. The molecule has 0 spiro atoms. The van der Waals surface area contributed by atoms with Crippen molar-refractivity contribution >= 4 is 10.9 Å². The van der Waals surface area contributed by atoms with Crippen molar-refractivity contribution in [3.8, 4) is 33.5 Å². The fraction of sp³-hybridized carbons (Fsp3) is 0.0645. The SMILES string of the molecule is Cc1ccc(-c2ccc3nc(-c4ccccc4)cc(-c4cccc(C5C=C5)c4)c3c2)cc1. The van der Waals surface area contributed by atoms with Crippen LogP contribution in [0.2, 0.25) is 0 Å². The van der Waals surface area contributed by atoms with E-state index in [1.165, 1.54) is 38.8 Å². The van der Waals surface area contributed by atoms with Gasteiger partial charge in [0.1, 0.15) is 0 Å². The molecule has 0 N–H and O–H groups in total. The van der Waals surface area contributed by atoms with Crippen LogP contribution in [0, 0.1) is 6.92 Å². The summed E-state index contributed by atoms with van der Waals surface area (Å²) < 4.78 is 0. The third-order valence-electron chi connectivity index (χ3n) is 6.23. The molecule has 4 aromatic carbocycles. The van der Waals surface area contributed by atoms with Crippen LogP contribution in [0.25, 0.3) is 44.4 Å². The minimum absolute atomic E-state index is 0.486. The van der Waals surface area contributed by atoms with Gasteiger partial charge in [-0.3, -0.25) is 0 Å². The summed E-state index contributed by atoms with van der Waals surface area (Å²) in [6.45, 7) is 2.12. The first-order valence-electron chi connectivity index (χ1n) is 11.1. The average Bonchev–Trinajstić information content (AvgIpc) is 3.70. The van der Waals surface area contributed by atoms with Crippen molar-refractivity contribution in [1.82, 2.24) is 4.98 Å². The van der Waals surface area contributed by atoms with E-state index in [2.05, 4.69) is 116 Å². The van der Waals surface area contributed by atoms with E-state index in [0.717, 1.165) is 16.8 Å². The van der Waals surface area contributed by atoms with Crippen LogP contribution in [0.3, 0.4) is 0 Å². The molecule has 152 valence electrons. The minimum Gasteiger partial charge on any atom is -0.248 e. The number of nitrogens with zero attached hydrogens (tertiary/aromatic N) is 1. The maximum Gasteiger partial charge on any atom is 0.0716 e. The monoisotopic (exact) mass is 409 g/mol. The second-order valence-corrected chi connectivity index (χ2v) is 8.56. The molecule has 0 fully saturated rings. The number of hydrogen-bond acceptors (Lipinski definition) is 1. The smallest absolute Gasteiger partial charge is 0.0716 e. The van der Waals surface area contributed by atoms with Crippen molar-refractivity contribution in [2.45, 2.75) is 12.8 Å². The molecule has 1 heterocycles. The van der Waals surface area contributed by atoms with Gasteiger partial charge in [0.05, 0.1) is 11.2 Å². The Bertz CT molecular complexity index is 1450. The second kappa shape index (κ2) is 7.62. The third kappa shape index (κ3) is 3.52. The predicted octanol–water partition coefficient (Wildman–Crippen LogP) is 8.20. The number of benzene rings is 4. The highest BCUT2D eigenvalue weighted by molar-refractivity contribution is 5.99. The maximum absolute atomic E-state index is 5.04. The lowest BCUT2D eigenvalue weighted by molar-refractivity contribution is 1.24. The van der Waals surface area contributed by atoms with E-state index in [9.17, 15) is 0 Å². The lowest BCUT2D eigenvalue weighted by atomic mass is 9.94. The normalized spacial score (nSPS) is 12.9. The third-order valence-corrected chi connectivity index (χ3v) is 6.23. The highest BCUT2D eigenvalue weighted by Gasteiger charge is 2.16. The Balaban J connectivity index is 1.58. The van der Waals surface area contributed by atoms with Gasteiger partial charge >= 0.3 is 0 Å². The van der Waals surface area contributed by atoms with E-state index in [0.29, 0.717) is 5.92 Å². The van der Waals surface area contributed by atoms with Gasteiger partial charge in [0.25, 0.3) is 0 Å². The van der Waals surface area contributed by atoms with E-state index in [1.807, 2.05) is 6.07 Å². The van der Waals surface area contributed by atoms with Crippen molar-refractivity contribution in [2.75, 3.05) is 0 Å². The number of hydrogen-bond donors (Lipinski definition) is 0. The predicted molar refractivity (Wildman–Crippen MR) is 135 cm³/mol. The molecule has 0 atom stereocenters. The molecule has 1 heteroatoms. The van der Waals surface area contributed by atoms with Crippen LogP contribution in [0.5, 0.6) is 0 Å². The standard InChI is InChI=1S/C31H23N/c1-21-10-12-22(13-11-21)26-16-17-30-29(19-26)28(20-31(32-30)24-6-3-2-4-7-24)27-9-5-8-25(18-27)23-14-15-23/h2-20,23H,1H3. The second-order valence-electron chi connectivity index (χ2n) is 8.56. The lowest BCUT2D eigenvalue weighted by Gasteiger charge is -2.13. The van der Waals surface area contributed by atoms with Crippen LogP contribution < -0.4 is 0 Å². The molecule has 5 aromatic rings. The van der Waals surface area contributed by atoms with Gasteiger partial charge in [-0.1, -0.05) is 103 Å². The van der Waals surface area contributed by atoms with Crippen LogP contribution in [-0.2, 0) is 0 Å². The van der Waals surface area contributed by atoms with Gasteiger partial charge < -0.3 is 0 Å². The van der Waals surface area contributed by atoms with Crippen LogP contribution in [0.15, 0.2) is 115 Å². The lowest BCUT2D eigenvalue weighted by Crippen LogP contribution is -1.92.